The zero-order valence-corrected chi connectivity index (χ0v) is 12.9. The Morgan fingerprint density at radius 2 is 1.89 bits per heavy atom. The summed E-state index contributed by atoms with van der Waals surface area (Å²) in [5.41, 5.74) is 2.41. The van der Waals surface area contributed by atoms with Crippen molar-refractivity contribution in [3.63, 3.8) is 0 Å². The maximum atomic E-state index is 9.39. The summed E-state index contributed by atoms with van der Waals surface area (Å²) < 4.78 is 0. The standard InChI is InChI=1S/C15H24N2OS/c1-4-19(5-2,6-3)15-13(8-10-18)12-7-9-16-11-14(12)17-15/h7,9,11,17-18H,4-6,8,10H2,1-3H3. The van der Waals surface area contributed by atoms with E-state index < -0.39 is 10.0 Å². The van der Waals surface area contributed by atoms with Gasteiger partial charge in [-0.3, -0.25) is 4.98 Å². The maximum Gasteiger partial charge on any atom is 0.0651 e. The molecule has 0 saturated heterocycles. The van der Waals surface area contributed by atoms with Crippen LogP contribution in [0.25, 0.3) is 10.9 Å². The number of aromatic amines is 1. The normalized spacial score (nSPS) is 13.1. The SMILES string of the molecule is CCS(CC)(CC)c1[nH]c2cnccc2c1CCO. The molecule has 2 heterocycles. The van der Waals surface area contributed by atoms with Crippen LogP contribution >= 0.6 is 10.0 Å². The number of aliphatic hydroxyl groups excluding tert-OH is 1. The van der Waals surface area contributed by atoms with E-state index in [0.717, 1.165) is 11.9 Å². The fraction of sp³-hybridized carbons (Fsp3) is 0.533. The number of nitrogens with one attached hydrogen (secondary N) is 1. The van der Waals surface area contributed by atoms with Crippen LogP contribution in [0.1, 0.15) is 26.3 Å². The molecule has 19 heavy (non-hydrogen) atoms. The summed E-state index contributed by atoms with van der Waals surface area (Å²) in [6.07, 6.45) is 4.46. The highest BCUT2D eigenvalue weighted by atomic mass is 32.3. The second kappa shape index (κ2) is 5.97. The van der Waals surface area contributed by atoms with Gasteiger partial charge in [0.25, 0.3) is 0 Å². The minimum Gasteiger partial charge on any atom is -0.396 e. The molecule has 0 bridgehead atoms. The Balaban J connectivity index is 2.67. The average Bonchev–Trinajstić information content (AvgIpc) is 2.82. The van der Waals surface area contributed by atoms with E-state index in [-0.39, 0.29) is 6.61 Å². The van der Waals surface area contributed by atoms with Crippen molar-refractivity contribution < 1.29 is 5.11 Å². The van der Waals surface area contributed by atoms with Crippen molar-refractivity contribution in [2.24, 2.45) is 0 Å². The summed E-state index contributed by atoms with van der Waals surface area (Å²) in [6.45, 7) is 7.06. The minimum atomic E-state index is -0.798. The van der Waals surface area contributed by atoms with Gasteiger partial charge in [-0.2, -0.15) is 0 Å². The van der Waals surface area contributed by atoms with Gasteiger partial charge in [0.05, 0.1) is 16.7 Å². The quantitative estimate of drug-likeness (QED) is 0.852. The van der Waals surface area contributed by atoms with Crippen molar-refractivity contribution in [2.45, 2.75) is 32.2 Å². The van der Waals surface area contributed by atoms with Crippen molar-refractivity contribution in [2.75, 3.05) is 23.9 Å². The van der Waals surface area contributed by atoms with Crippen LogP contribution in [0.5, 0.6) is 0 Å². The highest BCUT2D eigenvalue weighted by Crippen LogP contribution is 2.56. The summed E-state index contributed by atoms with van der Waals surface area (Å²) in [5.74, 6) is 3.58. The van der Waals surface area contributed by atoms with E-state index in [2.05, 4.69) is 36.8 Å². The van der Waals surface area contributed by atoms with E-state index >= 15 is 0 Å². The highest BCUT2D eigenvalue weighted by Gasteiger charge is 2.26. The molecule has 0 atom stereocenters. The van der Waals surface area contributed by atoms with E-state index in [1.54, 1.807) is 0 Å². The minimum absolute atomic E-state index is 0.203. The number of nitrogens with zero attached hydrogens (tertiary/aromatic N) is 1. The van der Waals surface area contributed by atoms with Crippen molar-refractivity contribution in [3.05, 3.63) is 24.0 Å². The zero-order chi connectivity index (χ0) is 13.9. The number of H-pyrrole nitrogens is 1. The van der Waals surface area contributed by atoms with Gasteiger partial charge in [-0.05, 0) is 35.3 Å². The summed E-state index contributed by atoms with van der Waals surface area (Å²) in [7, 11) is -0.798. The third-order valence-corrected chi connectivity index (χ3v) is 8.65. The van der Waals surface area contributed by atoms with E-state index in [4.69, 9.17) is 0 Å². The molecule has 0 saturated carbocycles. The lowest BCUT2D eigenvalue weighted by molar-refractivity contribution is 0.299. The van der Waals surface area contributed by atoms with E-state index in [1.807, 2.05) is 12.4 Å². The van der Waals surface area contributed by atoms with Gasteiger partial charge in [0.15, 0.2) is 0 Å². The van der Waals surface area contributed by atoms with Crippen LogP contribution < -0.4 is 0 Å². The Morgan fingerprint density at radius 3 is 2.47 bits per heavy atom. The van der Waals surface area contributed by atoms with Crippen molar-refractivity contribution >= 4 is 20.9 Å². The molecule has 2 rings (SSSR count). The first kappa shape index (κ1) is 14.4. The summed E-state index contributed by atoms with van der Waals surface area (Å²) in [5, 5.41) is 12.0. The monoisotopic (exact) mass is 280 g/mol. The number of rotatable bonds is 6. The van der Waals surface area contributed by atoms with Gasteiger partial charge in [-0.25, -0.2) is 10.0 Å². The smallest absolute Gasteiger partial charge is 0.0651 e. The van der Waals surface area contributed by atoms with E-state index in [9.17, 15) is 5.11 Å². The first-order chi connectivity index (χ1) is 9.22. The topological polar surface area (TPSA) is 48.9 Å². The molecule has 0 aliphatic heterocycles. The highest BCUT2D eigenvalue weighted by molar-refractivity contribution is 8.33. The zero-order valence-electron chi connectivity index (χ0n) is 12.1. The van der Waals surface area contributed by atoms with E-state index in [0.29, 0.717) is 0 Å². The van der Waals surface area contributed by atoms with Gasteiger partial charge in [0.2, 0.25) is 0 Å². The van der Waals surface area contributed by atoms with Gasteiger partial charge in [0, 0.05) is 18.2 Å². The fourth-order valence-electron chi connectivity index (χ4n) is 2.85. The van der Waals surface area contributed by atoms with Gasteiger partial charge < -0.3 is 10.1 Å². The molecule has 2 aromatic heterocycles. The molecule has 0 unspecified atom stereocenters. The Hall–Kier alpha value is -1.00. The molecule has 0 aliphatic rings. The third-order valence-electron chi connectivity index (χ3n) is 4.12. The molecular formula is C15H24N2OS. The van der Waals surface area contributed by atoms with Gasteiger partial charge >= 0.3 is 0 Å². The Bertz CT molecular complexity index is 538. The van der Waals surface area contributed by atoms with Crippen LogP contribution in [0.2, 0.25) is 0 Å². The number of aromatic nitrogens is 2. The maximum absolute atomic E-state index is 9.39. The molecule has 0 aromatic carbocycles. The van der Waals surface area contributed by atoms with Crippen LogP contribution in [0.3, 0.4) is 0 Å². The number of aliphatic hydroxyl groups is 1. The molecule has 0 fully saturated rings. The van der Waals surface area contributed by atoms with Crippen LogP contribution in [0, 0.1) is 0 Å². The van der Waals surface area contributed by atoms with Gasteiger partial charge in [-0.1, -0.05) is 20.8 Å². The molecule has 0 spiro atoms. The van der Waals surface area contributed by atoms with Crippen LogP contribution in [-0.4, -0.2) is 38.9 Å². The summed E-state index contributed by atoms with van der Waals surface area (Å²) in [4.78, 5) is 7.81. The second-order valence-electron chi connectivity index (χ2n) is 4.74. The average molecular weight is 280 g/mol. The largest absolute Gasteiger partial charge is 0.396 e. The molecule has 0 amide bonds. The summed E-state index contributed by atoms with van der Waals surface area (Å²) in [6, 6.07) is 2.06. The lowest BCUT2D eigenvalue weighted by Gasteiger charge is -2.37. The first-order valence-electron chi connectivity index (χ1n) is 7.04. The van der Waals surface area contributed by atoms with Gasteiger partial charge in [-0.15, -0.1) is 0 Å². The molecule has 2 aromatic rings. The second-order valence-corrected chi connectivity index (χ2v) is 8.97. The number of fused-ring (bicyclic) bond motifs is 1. The molecule has 4 heteroatoms. The number of hydrogen-bond acceptors (Lipinski definition) is 2. The fourth-order valence-corrected chi connectivity index (χ4v) is 6.00. The lowest BCUT2D eigenvalue weighted by atomic mass is 10.1. The molecule has 0 radical (unpaired) electrons. The molecule has 0 aliphatic carbocycles. The lowest BCUT2D eigenvalue weighted by Crippen LogP contribution is -2.12. The van der Waals surface area contributed by atoms with Crippen LogP contribution in [-0.2, 0) is 6.42 Å². The number of pyridine rings is 1. The molecule has 2 N–H and O–H groups in total. The van der Waals surface area contributed by atoms with Gasteiger partial charge in [0.1, 0.15) is 0 Å². The summed E-state index contributed by atoms with van der Waals surface area (Å²) >= 11 is 0. The Labute approximate surface area is 116 Å². The first-order valence-corrected chi connectivity index (χ1v) is 9.18. The van der Waals surface area contributed by atoms with Crippen LogP contribution in [0.15, 0.2) is 23.5 Å². The predicted molar refractivity (Wildman–Crippen MR) is 84.4 cm³/mol. The number of hydrogen-bond donors (Lipinski definition) is 2. The van der Waals surface area contributed by atoms with E-state index in [1.165, 1.54) is 33.2 Å². The Kier molecular flexibility index (Phi) is 4.53. The third kappa shape index (κ3) is 2.39. The molecule has 3 nitrogen and oxygen atoms in total. The molecular weight excluding hydrogens is 256 g/mol. The molecule has 106 valence electrons. The van der Waals surface area contributed by atoms with Crippen molar-refractivity contribution in [1.29, 1.82) is 0 Å². The van der Waals surface area contributed by atoms with Crippen LogP contribution in [0.4, 0.5) is 0 Å². The predicted octanol–water partition coefficient (Wildman–Crippen LogP) is 3.32. The van der Waals surface area contributed by atoms with Crippen molar-refractivity contribution in [3.8, 4) is 0 Å². The Morgan fingerprint density at radius 1 is 1.21 bits per heavy atom. The van der Waals surface area contributed by atoms with Crippen molar-refractivity contribution in [1.82, 2.24) is 9.97 Å².